The van der Waals surface area contributed by atoms with Crippen LogP contribution in [0.5, 0.6) is 0 Å². The van der Waals surface area contributed by atoms with E-state index in [4.69, 9.17) is 5.26 Å². The van der Waals surface area contributed by atoms with Crippen molar-refractivity contribution in [2.75, 3.05) is 11.9 Å². The molecule has 24 heavy (non-hydrogen) atoms. The molecule has 0 aliphatic rings. The van der Waals surface area contributed by atoms with Gasteiger partial charge in [0.25, 0.3) is 11.8 Å². The number of pyridine rings is 1. The third-order valence-electron chi connectivity index (χ3n) is 3.28. The maximum Gasteiger partial charge on any atom is 0.274 e. The highest BCUT2D eigenvalue weighted by Gasteiger charge is 2.12. The first-order chi connectivity index (χ1) is 11.6. The normalized spacial score (nSPS) is 9.83. The van der Waals surface area contributed by atoms with Crippen LogP contribution in [0.4, 0.5) is 5.69 Å². The minimum absolute atomic E-state index is 0.139. The summed E-state index contributed by atoms with van der Waals surface area (Å²) in [5.74, 6) is -0.738. The third-order valence-corrected chi connectivity index (χ3v) is 3.28. The lowest BCUT2D eigenvalue weighted by Gasteiger charge is -2.07. The summed E-state index contributed by atoms with van der Waals surface area (Å²) in [5.41, 5.74) is 1.29. The van der Waals surface area contributed by atoms with Crippen molar-refractivity contribution in [3.05, 3.63) is 59.4 Å². The van der Waals surface area contributed by atoms with Crippen molar-refractivity contribution in [1.29, 1.82) is 5.26 Å². The molecule has 6 nitrogen and oxygen atoms in total. The molecule has 0 radical (unpaired) electrons. The molecule has 2 aromatic rings. The summed E-state index contributed by atoms with van der Waals surface area (Å²) in [5, 5.41) is 14.3. The summed E-state index contributed by atoms with van der Waals surface area (Å²) in [7, 11) is 0. The summed E-state index contributed by atoms with van der Waals surface area (Å²) < 4.78 is 0. The second-order valence-electron chi connectivity index (χ2n) is 5.16. The van der Waals surface area contributed by atoms with Gasteiger partial charge in [0, 0.05) is 12.2 Å². The van der Waals surface area contributed by atoms with E-state index in [0.29, 0.717) is 17.8 Å². The van der Waals surface area contributed by atoms with E-state index in [9.17, 15) is 9.59 Å². The molecular weight excluding hydrogens is 304 g/mol. The number of carbonyl (C=O) groups excluding carboxylic acids is 2. The summed E-state index contributed by atoms with van der Waals surface area (Å²) >= 11 is 0. The van der Waals surface area contributed by atoms with Crippen LogP contribution in [0, 0.1) is 11.3 Å². The van der Waals surface area contributed by atoms with Crippen LogP contribution < -0.4 is 10.6 Å². The fraction of sp³-hybridized carbons (Fsp3) is 0.222. The van der Waals surface area contributed by atoms with E-state index in [1.807, 2.05) is 13.0 Å². The molecule has 1 aromatic carbocycles. The first-order valence-corrected chi connectivity index (χ1v) is 7.71. The van der Waals surface area contributed by atoms with Crippen molar-refractivity contribution < 1.29 is 9.59 Å². The van der Waals surface area contributed by atoms with Gasteiger partial charge in [-0.1, -0.05) is 25.5 Å². The first-order valence-electron chi connectivity index (χ1n) is 7.71. The average Bonchev–Trinajstić information content (AvgIpc) is 2.62. The standard InChI is InChI=1S/C18H18N4O2/c1-2-3-10-20-17(23)15-8-5-9-16(22-15)18(24)21-14-7-4-6-13(11-14)12-19/h4-9,11H,2-3,10H2,1H3,(H,20,23)(H,21,24). The van der Waals surface area contributed by atoms with Gasteiger partial charge in [-0.3, -0.25) is 9.59 Å². The predicted octanol–water partition coefficient (Wildman–Crippen LogP) is 2.74. The molecule has 0 aliphatic carbocycles. The summed E-state index contributed by atoms with van der Waals surface area (Å²) in [4.78, 5) is 28.4. The zero-order valence-corrected chi connectivity index (χ0v) is 13.4. The molecule has 6 heteroatoms. The van der Waals surface area contributed by atoms with E-state index < -0.39 is 5.91 Å². The number of anilines is 1. The van der Waals surface area contributed by atoms with Gasteiger partial charge in [0.1, 0.15) is 11.4 Å². The molecule has 0 aliphatic heterocycles. The molecule has 2 amide bonds. The van der Waals surface area contributed by atoms with Gasteiger partial charge in [0.15, 0.2) is 0 Å². The molecule has 0 spiro atoms. The second-order valence-corrected chi connectivity index (χ2v) is 5.16. The molecule has 1 heterocycles. The zero-order valence-electron chi connectivity index (χ0n) is 13.4. The van der Waals surface area contributed by atoms with Crippen LogP contribution in [0.15, 0.2) is 42.5 Å². The number of aromatic nitrogens is 1. The number of carbonyl (C=O) groups is 2. The van der Waals surface area contributed by atoms with Crippen molar-refractivity contribution in [2.24, 2.45) is 0 Å². The first kappa shape index (κ1) is 17.2. The number of nitriles is 1. The Labute approximate surface area is 140 Å². The SMILES string of the molecule is CCCCNC(=O)c1cccc(C(=O)Nc2cccc(C#N)c2)n1. The number of nitrogens with zero attached hydrogens (tertiary/aromatic N) is 2. The molecular formula is C18H18N4O2. The summed E-state index contributed by atoms with van der Waals surface area (Å²) in [6.07, 6.45) is 1.87. The zero-order chi connectivity index (χ0) is 17.4. The Kier molecular flexibility index (Phi) is 6.03. The Hall–Kier alpha value is -3.20. The van der Waals surface area contributed by atoms with E-state index in [1.54, 1.807) is 36.4 Å². The monoisotopic (exact) mass is 322 g/mol. The van der Waals surface area contributed by atoms with E-state index in [1.165, 1.54) is 6.07 Å². The van der Waals surface area contributed by atoms with Crippen LogP contribution in [-0.4, -0.2) is 23.3 Å². The van der Waals surface area contributed by atoms with Crippen molar-refractivity contribution in [1.82, 2.24) is 10.3 Å². The fourth-order valence-corrected chi connectivity index (χ4v) is 2.02. The Balaban J connectivity index is 2.08. The van der Waals surface area contributed by atoms with Crippen molar-refractivity contribution in [3.63, 3.8) is 0 Å². The van der Waals surface area contributed by atoms with Gasteiger partial charge in [-0.05, 0) is 36.8 Å². The highest BCUT2D eigenvalue weighted by Crippen LogP contribution is 2.11. The Morgan fingerprint density at radius 3 is 2.54 bits per heavy atom. The second kappa shape index (κ2) is 8.44. The van der Waals surface area contributed by atoms with Gasteiger partial charge >= 0.3 is 0 Å². The lowest BCUT2D eigenvalue weighted by molar-refractivity contribution is 0.0948. The van der Waals surface area contributed by atoms with E-state index in [0.717, 1.165) is 12.8 Å². The molecule has 0 unspecified atom stereocenters. The number of amides is 2. The smallest absolute Gasteiger partial charge is 0.274 e. The quantitative estimate of drug-likeness (QED) is 0.799. The van der Waals surface area contributed by atoms with Gasteiger partial charge in [0.2, 0.25) is 0 Å². The van der Waals surface area contributed by atoms with Gasteiger partial charge < -0.3 is 10.6 Å². The molecule has 2 N–H and O–H groups in total. The fourth-order valence-electron chi connectivity index (χ4n) is 2.02. The number of hydrogen-bond donors (Lipinski definition) is 2. The topological polar surface area (TPSA) is 94.9 Å². The third kappa shape index (κ3) is 4.65. The van der Waals surface area contributed by atoms with Crippen molar-refractivity contribution in [3.8, 4) is 6.07 Å². The number of rotatable bonds is 6. The molecule has 122 valence electrons. The molecule has 0 fully saturated rings. The Morgan fingerprint density at radius 1 is 1.12 bits per heavy atom. The Morgan fingerprint density at radius 2 is 1.83 bits per heavy atom. The van der Waals surface area contributed by atoms with E-state index in [2.05, 4.69) is 15.6 Å². The predicted molar refractivity (Wildman–Crippen MR) is 90.6 cm³/mol. The van der Waals surface area contributed by atoms with Gasteiger partial charge in [-0.2, -0.15) is 5.26 Å². The average molecular weight is 322 g/mol. The molecule has 0 saturated heterocycles. The minimum atomic E-state index is -0.437. The van der Waals surface area contributed by atoms with Crippen LogP contribution in [0.25, 0.3) is 0 Å². The maximum absolute atomic E-state index is 12.3. The number of nitrogens with one attached hydrogen (secondary N) is 2. The van der Waals surface area contributed by atoms with Crippen molar-refractivity contribution in [2.45, 2.75) is 19.8 Å². The van der Waals surface area contributed by atoms with Crippen LogP contribution in [0.3, 0.4) is 0 Å². The van der Waals surface area contributed by atoms with Crippen LogP contribution in [-0.2, 0) is 0 Å². The van der Waals surface area contributed by atoms with Crippen LogP contribution in [0.2, 0.25) is 0 Å². The lowest BCUT2D eigenvalue weighted by atomic mass is 10.2. The molecule has 2 rings (SSSR count). The minimum Gasteiger partial charge on any atom is -0.351 e. The van der Waals surface area contributed by atoms with Gasteiger partial charge in [-0.15, -0.1) is 0 Å². The largest absolute Gasteiger partial charge is 0.351 e. The van der Waals surface area contributed by atoms with Gasteiger partial charge in [-0.25, -0.2) is 4.98 Å². The summed E-state index contributed by atoms with van der Waals surface area (Å²) in [6.45, 7) is 2.62. The molecule has 0 atom stereocenters. The van der Waals surface area contributed by atoms with E-state index >= 15 is 0 Å². The number of hydrogen-bond acceptors (Lipinski definition) is 4. The molecule has 0 saturated carbocycles. The van der Waals surface area contributed by atoms with Gasteiger partial charge in [0.05, 0.1) is 11.6 Å². The maximum atomic E-state index is 12.3. The van der Waals surface area contributed by atoms with Crippen molar-refractivity contribution >= 4 is 17.5 Å². The Bertz CT molecular complexity index is 781. The number of benzene rings is 1. The molecule has 0 bridgehead atoms. The van der Waals surface area contributed by atoms with E-state index in [-0.39, 0.29) is 17.3 Å². The lowest BCUT2D eigenvalue weighted by Crippen LogP contribution is -2.26. The van der Waals surface area contributed by atoms with Crippen LogP contribution in [0.1, 0.15) is 46.3 Å². The number of unbranched alkanes of at least 4 members (excludes halogenated alkanes) is 1. The highest BCUT2D eigenvalue weighted by atomic mass is 16.2. The molecule has 1 aromatic heterocycles. The highest BCUT2D eigenvalue weighted by molar-refractivity contribution is 6.03. The summed E-state index contributed by atoms with van der Waals surface area (Å²) in [6, 6.07) is 13.3. The van der Waals surface area contributed by atoms with Crippen LogP contribution >= 0.6 is 0 Å².